The molecule has 0 saturated heterocycles. The van der Waals surface area contributed by atoms with Crippen molar-refractivity contribution in [3.8, 4) is 5.75 Å². The van der Waals surface area contributed by atoms with Gasteiger partial charge in [-0.3, -0.25) is 14.6 Å². The van der Waals surface area contributed by atoms with Gasteiger partial charge in [0, 0.05) is 6.07 Å². The average molecular weight is 413 g/mol. The largest absolute Gasteiger partial charge is 0.424 e. The van der Waals surface area contributed by atoms with Gasteiger partial charge in [-0.15, -0.1) is 0 Å². The second-order valence-corrected chi connectivity index (χ2v) is 9.31. The predicted octanol–water partition coefficient (Wildman–Crippen LogP) is 7.51. The normalized spacial score (nSPS) is 13.2. The Bertz CT molecular complexity index is 608. The highest BCUT2D eigenvalue weighted by Gasteiger charge is 2.26. The van der Waals surface area contributed by atoms with E-state index in [0.29, 0.717) is 12.8 Å². The molecule has 0 spiro atoms. The smallest absolute Gasteiger partial charge is 0.379 e. The molecule has 160 valence electrons. The molecule has 28 heavy (non-hydrogen) atoms. The van der Waals surface area contributed by atoms with Gasteiger partial charge in [0.25, 0.3) is 5.69 Å². The standard InChI is InChI=1S/C21H36NO5P/c1-3-5-7-8-9-10-11-12-13-17-26-28(25,18-6-4-2)27-21-16-14-15-20(19-21)22(23)24/h14-16,19H,3-13,17-18H2,1-2H3. The predicted molar refractivity (Wildman–Crippen MR) is 114 cm³/mol. The lowest BCUT2D eigenvalue weighted by Crippen LogP contribution is -2.04. The van der Waals surface area contributed by atoms with Crippen LogP contribution in [0, 0.1) is 10.1 Å². The Hall–Kier alpha value is -1.39. The minimum absolute atomic E-state index is 0.0847. The van der Waals surface area contributed by atoms with Crippen LogP contribution in [0.25, 0.3) is 0 Å². The van der Waals surface area contributed by atoms with Crippen molar-refractivity contribution in [2.24, 2.45) is 0 Å². The zero-order valence-electron chi connectivity index (χ0n) is 17.4. The molecule has 0 heterocycles. The Morgan fingerprint density at radius 1 is 0.929 bits per heavy atom. The molecule has 1 unspecified atom stereocenters. The molecule has 0 aliphatic rings. The van der Waals surface area contributed by atoms with Crippen molar-refractivity contribution in [2.45, 2.75) is 84.5 Å². The lowest BCUT2D eigenvalue weighted by molar-refractivity contribution is -0.384. The van der Waals surface area contributed by atoms with Crippen LogP contribution in [0.1, 0.15) is 84.5 Å². The van der Waals surface area contributed by atoms with Gasteiger partial charge in [-0.2, -0.15) is 0 Å². The van der Waals surface area contributed by atoms with E-state index in [4.69, 9.17) is 9.05 Å². The quantitative estimate of drug-likeness (QED) is 0.114. The van der Waals surface area contributed by atoms with Gasteiger partial charge >= 0.3 is 7.60 Å². The van der Waals surface area contributed by atoms with Crippen LogP contribution in [0.4, 0.5) is 5.69 Å². The van der Waals surface area contributed by atoms with E-state index in [-0.39, 0.29) is 11.4 Å². The number of rotatable bonds is 17. The van der Waals surface area contributed by atoms with Gasteiger partial charge in [0.15, 0.2) is 0 Å². The monoisotopic (exact) mass is 413 g/mol. The van der Waals surface area contributed by atoms with Crippen molar-refractivity contribution in [3.05, 3.63) is 34.4 Å². The van der Waals surface area contributed by atoms with E-state index in [0.717, 1.165) is 25.7 Å². The lowest BCUT2D eigenvalue weighted by Gasteiger charge is -2.19. The summed E-state index contributed by atoms with van der Waals surface area (Å²) in [4.78, 5) is 10.4. The van der Waals surface area contributed by atoms with E-state index in [1.54, 1.807) is 6.07 Å². The molecule has 0 aliphatic carbocycles. The van der Waals surface area contributed by atoms with Crippen molar-refractivity contribution >= 4 is 13.3 Å². The van der Waals surface area contributed by atoms with Crippen LogP contribution in [0.15, 0.2) is 24.3 Å². The Morgan fingerprint density at radius 3 is 2.14 bits per heavy atom. The zero-order valence-corrected chi connectivity index (χ0v) is 18.3. The van der Waals surface area contributed by atoms with E-state index in [1.165, 1.54) is 63.1 Å². The summed E-state index contributed by atoms with van der Waals surface area (Å²) in [7, 11) is -3.30. The number of benzene rings is 1. The first kappa shape index (κ1) is 24.6. The van der Waals surface area contributed by atoms with Crippen LogP contribution in [0.5, 0.6) is 5.75 Å². The highest BCUT2D eigenvalue weighted by Crippen LogP contribution is 2.49. The third-order valence-corrected chi connectivity index (χ3v) is 6.52. The Labute approximate surface area is 169 Å². The molecule has 1 rings (SSSR count). The van der Waals surface area contributed by atoms with Crippen molar-refractivity contribution in [3.63, 3.8) is 0 Å². The molecule has 0 amide bonds. The van der Waals surface area contributed by atoms with Crippen molar-refractivity contribution in [1.29, 1.82) is 0 Å². The summed E-state index contributed by atoms with van der Waals surface area (Å²) in [5.41, 5.74) is -0.0847. The van der Waals surface area contributed by atoms with Crippen LogP contribution >= 0.6 is 7.60 Å². The molecule has 0 saturated carbocycles. The maximum Gasteiger partial charge on any atom is 0.379 e. The molecule has 1 aromatic rings. The SMILES string of the molecule is CCCCCCCCCCCOP(=O)(CCCC)Oc1cccc([N+](=O)[O-])c1. The number of non-ortho nitro benzene ring substituents is 1. The first-order valence-corrected chi connectivity index (χ1v) is 12.4. The molecule has 0 aromatic heterocycles. The van der Waals surface area contributed by atoms with Gasteiger partial charge in [-0.05, 0) is 18.9 Å². The maximum atomic E-state index is 13.0. The van der Waals surface area contributed by atoms with Crippen LogP contribution < -0.4 is 4.52 Å². The zero-order chi connectivity index (χ0) is 20.7. The highest BCUT2D eigenvalue weighted by atomic mass is 31.2. The van der Waals surface area contributed by atoms with Gasteiger partial charge in [0.1, 0.15) is 5.75 Å². The topological polar surface area (TPSA) is 78.7 Å². The molecule has 0 aliphatic heterocycles. The Morgan fingerprint density at radius 2 is 1.54 bits per heavy atom. The van der Waals surface area contributed by atoms with Gasteiger partial charge in [-0.1, -0.05) is 77.7 Å². The van der Waals surface area contributed by atoms with Gasteiger partial charge < -0.3 is 4.52 Å². The van der Waals surface area contributed by atoms with E-state index in [1.807, 2.05) is 6.92 Å². The van der Waals surface area contributed by atoms with Gasteiger partial charge in [0.2, 0.25) is 0 Å². The minimum atomic E-state index is -3.30. The van der Waals surface area contributed by atoms with E-state index in [2.05, 4.69) is 6.92 Å². The van der Waals surface area contributed by atoms with E-state index >= 15 is 0 Å². The average Bonchev–Trinajstić information content (AvgIpc) is 2.68. The van der Waals surface area contributed by atoms with Crippen LogP contribution in [-0.4, -0.2) is 17.7 Å². The summed E-state index contributed by atoms with van der Waals surface area (Å²) in [6, 6.07) is 5.78. The molecular weight excluding hydrogens is 377 g/mol. The molecule has 0 radical (unpaired) electrons. The summed E-state index contributed by atoms with van der Waals surface area (Å²) >= 11 is 0. The first-order valence-electron chi connectivity index (χ1n) is 10.7. The fraction of sp³-hybridized carbons (Fsp3) is 0.714. The number of nitro benzene ring substituents is 1. The van der Waals surface area contributed by atoms with Gasteiger partial charge in [-0.25, -0.2) is 4.57 Å². The summed E-state index contributed by atoms with van der Waals surface area (Å²) in [6.45, 7) is 4.63. The fourth-order valence-corrected chi connectivity index (χ4v) is 4.74. The highest BCUT2D eigenvalue weighted by molar-refractivity contribution is 7.54. The third kappa shape index (κ3) is 10.8. The fourth-order valence-electron chi connectivity index (χ4n) is 2.92. The van der Waals surface area contributed by atoms with Crippen molar-refractivity contribution < 1.29 is 18.5 Å². The number of nitro groups is 1. The van der Waals surface area contributed by atoms with E-state index < -0.39 is 12.5 Å². The number of nitrogens with zero attached hydrogens (tertiary/aromatic N) is 1. The molecule has 6 nitrogen and oxygen atoms in total. The minimum Gasteiger partial charge on any atom is -0.424 e. The molecular formula is C21H36NO5P. The molecule has 0 fully saturated rings. The summed E-state index contributed by atoms with van der Waals surface area (Å²) in [5, 5.41) is 10.9. The second kappa shape index (κ2) is 14.6. The summed E-state index contributed by atoms with van der Waals surface area (Å²) in [5.74, 6) is 0.223. The second-order valence-electron chi connectivity index (χ2n) is 7.20. The van der Waals surface area contributed by atoms with Crippen LogP contribution in [0.2, 0.25) is 0 Å². The number of hydrogen-bond acceptors (Lipinski definition) is 5. The maximum absolute atomic E-state index is 13.0. The first-order chi connectivity index (χ1) is 13.5. The molecule has 1 atom stereocenters. The lowest BCUT2D eigenvalue weighted by atomic mass is 10.1. The van der Waals surface area contributed by atoms with Crippen molar-refractivity contribution in [1.82, 2.24) is 0 Å². The van der Waals surface area contributed by atoms with Crippen molar-refractivity contribution in [2.75, 3.05) is 12.8 Å². The van der Waals surface area contributed by atoms with Crippen LogP contribution in [-0.2, 0) is 9.09 Å². The third-order valence-electron chi connectivity index (χ3n) is 4.59. The Balaban J connectivity index is 2.40. The molecule has 7 heteroatoms. The van der Waals surface area contributed by atoms with Gasteiger partial charge in [0.05, 0.1) is 23.8 Å². The summed E-state index contributed by atoms with van der Waals surface area (Å²) < 4.78 is 24.3. The Kier molecular flexibility index (Phi) is 12.8. The number of unbranched alkanes of at least 4 members (excludes halogenated alkanes) is 9. The van der Waals surface area contributed by atoms with E-state index in [9.17, 15) is 14.7 Å². The molecule has 1 aromatic carbocycles. The van der Waals surface area contributed by atoms with Crippen LogP contribution in [0.3, 0.4) is 0 Å². The summed E-state index contributed by atoms with van der Waals surface area (Å²) in [6.07, 6.45) is 12.8. The molecule has 0 N–H and O–H groups in total. The molecule has 0 bridgehead atoms. The number of hydrogen-bond donors (Lipinski definition) is 0.